The maximum atomic E-state index is 12.7. The summed E-state index contributed by atoms with van der Waals surface area (Å²) in [5, 5.41) is 13.3. The quantitative estimate of drug-likeness (QED) is 0.810. The average molecular weight is 376 g/mol. The minimum absolute atomic E-state index is 0.0585. The normalized spacial score (nSPS) is 18.0. The molecule has 0 unspecified atom stereocenters. The number of amides is 2. The first-order valence-electron chi connectivity index (χ1n) is 9.86. The standard InChI is InChI=1S/C19H28N4O4/c24-17-5-2-1-3-9-21(17)12-8-18(25)22-10-4-11-23-16(14-22)13-15(20-23)6-7-19(26)27/h13H,1-12,14H2,(H,26,27). The van der Waals surface area contributed by atoms with Gasteiger partial charge in [0.05, 0.1) is 24.4 Å². The summed E-state index contributed by atoms with van der Waals surface area (Å²) in [5.74, 6) is -0.607. The zero-order chi connectivity index (χ0) is 19.2. The van der Waals surface area contributed by atoms with Crippen LogP contribution in [-0.2, 0) is 33.9 Å². The van der Waals surface area contributed by atoms with Gasteiger partial charge in [0.25, 0.3) is 0 Å². The van der Waals surface area contributed by atoms with E-state index >= 15 is 0 Å². The summed E-state index contributed by atoms with van der Waals surface area (Å²) < 4.78 is 1.89. The summed E-state index contributed by atoms with van der Waals surface area (Å²) >= 11 is 0. The van der Waals surface area contributed by atoms with E-state index in [1.807, 2.05) is 20.5 Å². The molecule has 2 amide bonds. The van der Waals surface area contributed by atoms with Gasteiger partial charge in [0.1, 0.15) is 0 Å². The van der Waals surface area contributed by atoms with Crippen molar-refractivity contribution >= 4 is 17.8 Å². The molecule has 3 heterocycles. The average Bonchev–Trinajstić information content (AvgIpc) is 2.78. The van der Waals surface area contributed by atoms with E-state index in [4.69, 9.17) is 5.11 Å². The van der Waals surface area contributed by atoms with Gasteiger partial charge in [0.2, 0.25) is 11.8 Å². The van der Waals surface area contributed by atoms with Gasteiger partial charge < -0.3 is 14.9 Å². The van der Waals surface area contributed by atoms with Gasteiger partial charge in [-0.05, 0) is 25.3 Å². The third-order valence-corrected chi connectivity index (χ3v) is 5.28. The summed E-state index contributed by atoms with van der Waals surface area (Å²) in [6.07, 6.45) is 5.27. The lowest BCUT2D eigenvalue weighted by molar-refractivity contribution is -0.137. The van der Waals surface area contributed by atoms with Gasteiger partial charge in [-0.1, -0.05) is 6.42 Å². The summed E-state index contributed by atoms with van der Waals surface area (Å²) in [6, 6.07) is 1.91. The van der Waals surface area contributed by atoms with Gasteiger partial charge >= 0.3 is 5.97 Å². The number of aryl methyl sites for hydroxylation is 2. The Kier molecular flexibility index (Phi) is 6.47. The fourth-order valence-corrected chi connectivity index (χ4v) is 3.76. The van der Waals surface area contributed by atoms with Crippen LogP contribution in [0.5, 0.6) is 0 Å². The lowest BCUT2D eigenvalue weighted by Gasteiger charge is -2.24. The number of hydrogen-bond acceptors (Lipinski definition) is 4. The Labute approximate surface area is 159 Å². The predicted molar refractivity (Wildman–Crippen MR) is 97.9 cm³/mol. The summed E-state index contributed by atoms with van der Waals surface area (Å²) in [6.45, 7) is 3.16. The molecule has 0 spiro atoms. The van der Waals surface area contributed by atoms with Crippen LogP contribution in [0.15, 0.2) is 6.07 Å². The van der Waals surface area contributed by atoms with Crippen LogP contribution in [0.2, 0.25) is 0 Å². The Morgan fingerprint density at radius 3 is 2.74 bits per heavy atom. The number of aromatic nitrogens is 2. The highest BCUT2D eigenvalue weighted by Crippen LogP contribution is 2.17. The highest BCUT2D eigenvalue weighted by Gasteiger charge is 2.23. The molecule has 0 atom stereocenters. The van der Waals surface area contributed by atoms with Crippen molar-refractivity contribution in [2.45, 2.75) is 64.5 Å². The van der Waals surface area contributed by atoms with E-state index in [-0.39, 0.29) is 18.2 Å². The molecule has 1 fully saturated rings. The van der Waals surface area contributed by atoms with E-state index in [1.165, 1.54) is 0 Å². The molecule has 0 aliphatic carbocycles. The number of aliphatic carboxylic acids is 1. The first-order chi connectivity index (χ1) is 13.0. The van der Waals surface area contributed by atoms with Crippen LogP contribution in [0.25, 0.3) is 0 Å². The first-order valence-corrected chi connectivity index (χ1v) is 9.86. The Hall–Kier alpha value is -2.38. The fourth-order valence-electron chi connectivity index (χ4n) is 3.76. The maximum absolute atomic E-state index is 12.7. The van der Waals surface area contributed by atoms with E-state index in [0.717, 1.165) is 50.2 Å². The molecule has 1 aromatic rings. The molecule has 1 N–H and O–H groups in total. The first kappa shape index (κ1) is 19.4. The molecule has 0 bridgehead atoms. The Balaban J connectivity index is 1.56. The zero-order valence-corrected chi connectivity index (χ0v) is 15.7. The molecule has 27 heavy (non-hydrogen) atoms. The molecule has 1 saturated heterocycles. The summed E-state index contributed by atoms with van der Waals surface area (Å²) in [5.41, 5.74) is 1.71. The van der Waals surface area contributed by atoms with E-state index in [9.17, 15) is 14.4 Å². The molecule has 2 aliphatic heterocycles. The lowest BCUT2D eigenvalue weighted by Crippen LogP contribution is -2.36. The SMILES string of the molecule is O=C(O)CCc1cc2n(n1)CCCN(C(=O)CCN1CCCCCC1=O)C2. The van der Waals surface area contributed by atoms with Crippen molar-refractivity contribution in [2.75, 3.05) is 19.6 Å². The number of hydrogen-bond donors (Lipinski definition) is 1. The van der Waals surface area contributed by atoms with Crippen LogP contribution in [0.3, 0.4) is 0 Å². The number of likely N-dealkylation sites (tertiary alicyclic amines) is 1. The number of nitrogens with zero attached hydrogens (tertiary/aromatic N) is 4. The highest BCUT2D eigenvalue weighted by molar-refractivity contribution is 5.79. The van der Waals surface area contributed by atoms with Crippen molar-refractivity contribution in [1.82, 2.24) is 19.6 Å². The van der Waals surface area contributed by atoms with Crippen LogP contribution in [0.4, 0.5) is 0 Å². The van der Waals surface area contributed by atoms with E-state index in [0.29, 0.717) is 38.9 Å². The molecule has 0 aromatic carbocycles. The Morgan fingerprint density at radius 2 is 1.93 bits per heavy atom. The number of carboxylic acid groups (broad SMARTS) is 1. The number of fused-ring (bicyclic) bond motifs is 1. The van der Waals surface area contributed by atoms with E-state index in [1.54, 1.807) is 0 Å². The molecule has 8 heteroatoms. The molecule has 8 nitrogen and oxygen atoms in total. The second kappa shape index (κ2) is 9.01. The van der Waals surface area contributed by atoms with Gasteiger partial charge in [-0.25, -0.2) is 0 Å². The van der Waals surface area contributed by atoms with Crippen molar-refractivity contribution in [1.29, 1.82) is 0 Å². The van der Waals surface area contributed by atoms with Crippen molar-refractivity contribution in [3.05, 3.63) is 17.5 Å². The number of carboxylic acids is 1. The lowest BCUT2D eigenvalue weighted by atomic mass is 10.2. The van der Waals surface area contributed by atoms with Gasteiger partial charge in [-0.15, -0.1) is 0 Å². The monoisotopic (exact) mass is 376 g/mol. The molecule has 1 aromatic heterocycles. The molecule has 3 rings (SSSR count). The van der Waals surface area contributed by atoms with Gasteiger partial charge in [-0.2, -0.15) is 5.10 Å². The summed E-state index contributed by atoms with van der Waals surface area (Å²) in [7, 11) is 0. The third-order valence-electron chi connectivity index (χ3n) is 5.28. The van der Waals surface area contributed by atoms with Gasteiger partial charge in [0.15, 0.2) is 0 Å². The molecule has 2 aliphatic rings. The molecule has 148 valence electrons. The molecule has 0 saturated carbocycles. The number of carbonyl (C=O) groups excluding carboxylic acids is 2. The largest absolute Gasteiger partial charge is 0.481 e. The third kappa shape index (κ3) is 5.30. The van der Waals surface area contributed by atoms with Crippen LogP contribution in [-0.4, -0.2) is 62.1 Å². The van der Waals surface area contributed by atoms with Crippen molar-refractivity contribution in [2.24, 2.45) is 0 Å². The van der Waals surface area contributed by atoms with Crippen LogP contribution < -0.4 is 0 Å². The van der Waals surface area contributed by atoms with Crippen molar-refractivity contribution in [3.8, 4) is 0 Å². The zero-order valence-electron chi connectivity index (χ0n) is 15.7. The topological polar surface area (TPSA) is 95.7 Å². The minimum Gasteiger partial charge on any atom is -0.481 e. The van der Waals surface area contributed by atoms with Crippen molar-refractivity contribution in [3.63, 3.8) is 0 Å². The Morgan fingerprint density at radius 1 is 1.07 bits per heavy atom. The molecule has 0 radical (unpaired) electrons. The van der Waals surface area contributed by atoms with Crippen LogP contribution in [0, 0.1) is 0 Å². The second-order valence-electron chi connectivity index (χ2n) is 7.35. The fraction of sp³-hybridized carbons (Fsp3) is 0.684. The highest BCUT2D eigenvalue weighted by atomic mass is 16.4. The van der Waals surface area contributed by atoms with Crippen LogP contribution >= 0.6 is 0 Å². The predicted octanol–water partition coefficient (Wildman–Crippen LogP) is 1.43. The second-order valence-corrected chi connectivity index (χ2v) is 7.35. The smallest absolute Gasteiger partial charge is 0.303 e. The van der Waals surface area contributed by atoms with Gasteiger partial charge in [-0.3, -0.25) is 19.1 Å². The number of carbonyl (C=O) groups is 3. The van der Waals surface area contributed by atoms with Crippen molar-refractivity contribution < 1.29 is 19.5 Å². The summed E-state index contributed by atoms with van der Waals surface area (Å²) in [4.78, 5) is 39.2. The van der Waals surface area contributed by atoms with E-state index < -0.39 is 5.97 Å². The van der Waals surface area contributed by atoms with Gasteiger partial charge in [0, 0.05) is 45.4 Å². The number of rotatable bonds is 6. The van der Waals surface area contributed by atoms with Crippen LogP contribution in [0.1, 0.15) is 56.3 Å². The minimum atomic E-state index is -0.835. The van der Waals surface area contributed by atoms with E-state index in [2.05, 4.69) is 5.10 Å². The molecular formula is C19H28N4O4. The molecular weight excluding hydrogens is 348 g/mol. The maximum Gasteiger partial charge on any atom is 0.303 e. The Bertz CT molecular complexity index is 700.